The van der Waals surface area contributed by atoms with E-state index in [0.29, 0.717) is 23.5 Å². The van der Waals surface area contributed by atoms with Gasteiger partial charge in [0.15, 0.2) is 5.82 Å². The van der Waals surface area contributed by atoms with Gasteiger partial charge in [-0.15, -0.1) is 0 Å². The lowest BCUT2D eigenvalue weighted by atomic mass is 10.0. The Kier molecular flexibility index (Phi) is 5.23. The average molecular weight is 416 g/mol. The van der Waals surface area contributed by atoms with Crippen molar-refractivity contribution in [3.63, 3.8) is 0 Å². The third-order valence-electron chi connectivity index (χ3n) is 4.97. The SMILES string of the molecule is CN1CC[C@@](O)(C#Cc2cccc(-c3cn(C)nc3NC(=O)c3ccncn3)c2)C1=O. The zero-order valence-electron chi connectivity index (χ0n) is 17.0. The molecule has 1 aromatic carbocycles. The molecule has 0 bridgehead atoms. The average Bonchev–Trinajstić information content (AvgIpc) is 3.27. The normalized spacial score (nSPS) is 17.9. The van der Waals surface area contributed by atoms with Crippen molar-refractivity contribution in [1.29, 1.82) is 0 Å². The molecule has 1 atom stereocenters. The maximum absolute atomic E-state index is 12.5. The van der Waals surface area contributed by atoms with Gasteiger partial charge in [0.25, 0.3) is 11.8 Å². The molecule has 1 fully saturated rings. The monoisotopic (exact) mass is 416 g/mol. The van der Waals surface area contributed by atoms with Crippen molar-refractivity contribution in [2.75, 3.05) is 18.9 Å². The molecule has 2 amide bonds. The van der Waals surface area contributed by atoms with E-state index in [9.17, 15) is 14.7 Å². The first-order valence-corrected chi connectivity index (χ1v) is 9.58. The van der Waals surface area contributed by atoms with Crippen LogP contribution in [-0.2, 0) is 11.8 Å². The first-order valence-electron chi connectivity index (χ1n) is 9.58. The molecule has 156 valence electrons. The van der Waals surface area contributed by atoms with Crippen LogP contribution in [0, 0.1) is 11.8 Å². The molecule has 31 heavy (non-hydrogen) atoms. The van der Waals surface area contributed by atoms with Crippen LogP contribution in [0.4, 0.5) is 5.82 Å². The van der Waals surface area contributed by atoms with Gasteiger partial charge in [-0.25, -0.2) is 9.97 Å². The second-order valence-corrected chi connectivity index (χ2v) is 7.28. The number of aliphatic hydroxyl groups is 1. The van der Waals surface area contributed by atoms with Gasteiger partial charge in [0.05, 0.1) is 0 Å². The van der Waals surface area contributed by atoms with Gasteiger partial charge in [-0.2, -0.15) is 5.10 Å². The zero-order valence-corrected chi connectivity index (χ0v) is 17.0. The van der Waals surface area contributed by atoms with Crippen molar-refractivity contribution >= 4 is 17.6 Å². The van der Waals surface area contributed by atoms with Crippen LogP contribution >= 0.6 is 0 Å². The van der Waals surface area contributed by atoms with Gasteiger partial charge in [-0.3, -0.25) is 14.3 Å². The van der Waals surface area contributed by atoms with Crippen molar-refractivity contribution in [1.82, 2.24) is 24.6 Å². The fraction of sp³-hybridized carbons (Fsp3) is 0.227. The predicted molar refractivity (Wildman–Crippen MR) is 113 cm³/mol. The first kappa shape index (κ1) is 20.3. The lowest BCUT2D eigenvalue weighted by Crippen LogP contribution is -2.37. The van der Waals surface area contributed by atoms with Gasteiger partial charge >= 0.3 is 0 Å². The second-order valence-electron chi connectivity index (χ2n) is 7.28. The molecule has 1 aliphatic rings. The van der Waals surface area contributed by atoms with E-state index in [-0.39, 0.29) is 12.1 Å². The summed E-state index contributed by atoms with van der Waals surface area (Å²) >= 11 is 0. The van der Waals surface area contributed by atoms with E-state index < -0.39 is 17.4 Å². The summed E-state index contributed by atoms with van der Waals surface area (Å²) in [5, 5.41) is 17.6. The van der Waals surface area contributed by atoms with Gasteiger partial charge in [-0.1, -0.05) is 24.0 Å². The number of anilines is 1. The summed E-state index contributed by atoms with van der Waals surface area (Å²) in [6.07, 6.45) is 4.85. The Bertz CT molecular complexity index is 1210. The quantitative estimate of drug-likeness (QED) is 0.618. The number of carbonyl (C=O) groups is 2. The smallest absolute Gasteiger partial charge is 0.275 e. The molecule has 3 aromatic rings. The van der Waals surface area contributed by atoms with Crippen LogP contribution in [0.1, 0.15) is 22.5 Å². The Morgan fingerprint density at radius 3 is 2.84 bits per heavy atom. The molecule has 0 radical (unpaired) electrons. The molecule has 2 aromatic heterocycles. The van der Waals surface area contributed by atoms with Crippen LogP contribution in [0.15, 0.2) is 49.1 Å². The largest absolute Gasteiger partial charge is 0.369 e. The number of nitrogens with zero attached hydrogens (tertiary/aromatic N) is 5. The molecule has 0 spiro atoms. The van der Waals surface area contributed by atoms with Gasteiger partial charge in [0.1, 0.15) is 12.0 Å². The molecule has 0 aliphatic carbocycles. The molecule has 4 rings (SSSR count). The van der Waals surface area contributed by atoms with Gasteiger partial charge in [0.2, 0.25) is 5.60 Å². The van der Waals surface area contributed by atoms with Crippen molar-refractivity contribution in [2.24, 2.45) is 7.05 Å². The number of likely N-dealkylation sites (tertiary alicyclic amines) is 1. The second kappa shape index (κ2) is 8.01. The molecule has 1 saturated heterocycles. The first-order chi connectivity index (χ1) is 14.9. The summed E-state index contributed by atoms with van der Waals surface area (Å²) in [6, 6.07) is 8.80. The van der Waals surface area contributed by atoms with E-state index in [4.69, 9.17) is 0 Å². The Hall–Kier alpha value is -4.03. The van der Waals surface area contributed by atoms with E-state index in [1.54, 1.807) is 31.0 Å². The Labute approximate surface area is 178 Å². The van der Waals surface area contributed by atoms with Crippen molar-refractivity contribution in [3.05, 3.63) is 60.3 Å². The van der Waals surface area contributed by atoms with Crippen LogP contribution < -0.4 is 5.32 Å². The standard InChI is InChI=1S/C22H20N6O3/c1-27-11-9-22(31,21(27)30)8-6-15-4-3-5-16(12-15)17-13-28(2)26-19(17)25-20(29)18-7-10-23-14-24-18/h3-5,7,10,12-14,31H,9,11H2,1-2H3,(H,25,26,29)/t22-/m0/s1. The lowest BCUT2D eigenvalue weighted by molar-refractivity contribution is -0.137. The summed E-state index contributed by atoms with van der Waals surface area (Å²) in [6.45, 7) is 0.467. The topological polar surface area (TPSA) is 113 Å². The van der Waals surface area contributed by atoms with E-state index in [1.807, 2.05) is 18.2 Å². The zero-order chi connectivity index (χ0) is 22.0. The number of benzene rings is 1. The van der Waals surface area contributed by atoms with Gasteiger partial charge in [-0.05, 0) is 23.8 Å². The van der Waals surface area contributed by atoms with E-state index >= 15 is 0 Å². The number of amides is 2. The highest BCUT2D eigenvalue weighted by Crippen LogP contribution is 2.28. The van der Waals surface area contributed by atoms with Crippen LogP contribution in [-0.4, -0.2) is 60.8 Å². The number of carbonyl (C=O) groups excluding carboxylic acids is 2. The third kappa shape index (κ3) is 4.15. The number of aromatic nitrogens is 4. The number of hydrogen-bond acceptors (Lipinski definition) is 6. The molecule has 1 aliphatic heterocycles. The number of nitrogens with one attached hydrogen (secondary N) is 1. The maximum atomic E-state index is 12.5. The highest BCUT2D eigenvalue weighted by atomic mass is 16.3. The summed E-state index contributed by atoms with van der Waals surface area (Å²) in [5.74, 6) is 5.21. The minimum Gasteiger partial charge on any atom is -0.369 e. The number of rotatable bonds is 3. The lowest BCUT2D eigenvalue weighted by Gasteiger charge is -2.13. The minimum atomic E-state index is -1.66. The Balaban J connectivity index is 1.61. The molecule has 2 N–H and O–H groups in total. The molecule has 0 unspecified atom stereocenters. The predicted octanol–water partition coefficient (Wildman–Crippen LogP) is 1.07. The van der Waals surface area contributed by atoms with E-state index in [2.05, 4.69) is 32.2 Å². The number of likely N-dealkylation sites (N-methyl/N-ethyl adjacent to an activating group) is 1. The van der Waals surface area contributed by atoms with E-state index in [1.165, 1.54) is 23.5 Å². The van der Waals surface area contributed by atoms with Crippen LogP contribution in [0.2, 0.25) is 0 Å². The fourth-order valence-electron chi connectivity index (χ4n) is 3.30. The Morgan fingerprint density at radius 1 is 1.29 bits per heavy atom. The highest BCUT2D eigenvalue weighted by molar-refractivity contribution is 6.04. The number of hydrogen-bond donors (Lipinski definition) is 2. The summed E-state index contributed by atoms with van der Waals surface area (Å²) < 4.78 is 1.60. The molecule has 0 saturated carbocycles. The fourth-order valence-corrected chi connectivity index (χ4v) is 3.30. The molecular formula is C22H20N6O3. The van der Waals surface area contributed by atoms with E-state index in [0.717, 1.165) is 5.56 Å². The van der Waals surface area contributed by atoms with Gasteiger partial charge < -0.3 is 15.3 Å². The van der Waals surface area contributed by atoms with Crippen molar-refractivity contribution in [2.45, 2.75) is 12.0 Å². The summed E-state index contributed by atoms with van der Waals surface area (Å²) in [7, 11) is 3.40. The number of aryl methyl sites for hydroxylation is 1. The summed E-state index contributed by atoms with van der Waals surface area (Å²) in [4.78, 5) is 33.8. The van der Waals surface area contributed by atoms with Crippen LogP contribution in [0.3, 0.4) is 0 Å². The van der Waals surface area contributed by atoms with Gasteiger partial charge in [0, 0.05) is 50.6 Å². The maximum Gasteiger partial charge on any atom is 0.275 e. The van der Waals surface area contributed by atoms with Crippen LogP contribution in [0.5, 0.6) is 0 Å². The highest BCUT2D eigenvalue weighted by Gasteiger charge is 2.42. The molecular weight excluding hydrogens is 396 g/mol. The Morgan fingerprint density at radius 2 is 2.13 bits per heavy atom. The molecule has 3 heterocycles. The molecule has 9 nitrogen and oxygen atoms in total. The van der Waals surface area contributed by atoms with Crippen molar-refractivity contribution in [3.8, 4) is 23.0 Å². The summed E-state index contributed by atoms with van der Waals surface area (Å²) in [5.41, 5.74) is 0.676. The van der Waals surface area contributed by atoms with Crippen LogP contribution in [0.25, 0.3) is 11.1 Å². The van der Waals surface area contributed by atoms with Crippen molar-refractivity contribution < 1.29 is 14.7 Å². The minimum absolute atomic E-state index is 0.227. The third-order valence-corrected chi connectivity index (χ3v) is 4.97. The molecule has 9 heteroatoms.